The van der Waals surface area contributed by atoms with Crippen LogP contribution in [0.1, 0.15) is 28.6 Å². The third-order valence-electron chi connectivity index (χ3n) is 4.30. The Morgan fingerprint density at radius 2 is 1.86 bits per heavy atom. The first kappa shape index (κ1) is 19.3. The van der Waals surface area contributed by atoms with Crippen LogP contribution in [0, 0.1) is 6.92 Å². The van der Waals surface area contributed by atoms with Crippen molar-refractivity contribution >= 4 is 17.5 Å². The third kappa shape index (κ3) is 4.25. The molecule has 0 saturated carbocycles. The molecule has 0 radical (unpaired) electrons. The molecule has 0 aliphatic carbocycles. The molecule has 0 aliphatic rings. The zero-order chi connectivity index (χ0) is 20.3. The summed E-state index contributed by atoms with van der Waals surface area (Å²) in [6.45, 7) is 3.00. The maximum absolute atomic E-state index is 12.9. The van der Waals surface area contributed by atoms with Gasteiger partial charge >= 0.3 is 0 Å². The van der Waals surface area contributed by atoms with E-state index in [0.717, 1.165) is 5.56 Å². The molecule has 0 bridgehead atoms. The summed E-state index contributed by atoms with van der Waals surface area (Å²) in [6, 6.07) is 11.8. The van der Waals surface area contributed by atoms with Crippen LogP contribution < -0.4 is 5.32 Å². The summed E-state index contributed by atoms with van der Waals surface area (Å²) >= 11 is 0. The van der Waals surface area contributed by atoms with Crippen LogP contribution in [-0.4, -0.2) is 33.3 Å². The van der Waals surface area contributed by atoms with Gasteiger partial charge in [0.15, 0.2) is 11.5 Å². The van der Waals surface area contributed by atoms with E-state index in [1.807, 2.05) is 30.3 Å². The van der Waals surface area contributed by atoms with Gasteiger partial charge in [0.25, 0.3) is 5.91 Å². The Morgan fingerprint density at radius 3 is 2.46 bits per heavy atom. The predicted octanol–water partition coefficient (Wildman–Crippen LogP) is 2.49. The number of hydrogen-bond acceptors (Lipinski definition) is 5. The van der Waals surface area contributed by atoms with Gasteiger partial charge in [-0.2, -0.15) is 5.10 Å². The van der Waals surface area contributed by atoms with E-state index in [-0.39, 0.29) is 12.0 Å². The second kappa shape index (κ2) is 8.04. The van der Waals surface area contributed by atoms with E-state index in [2.05, 4.69) is 10.4 Å². The number of hydrogen-bond donors (Lipinski definition) is 1. The van der Waals surface area contributed by atoms with Crippen molar-refractivity contribution in [2.24, 2.45) is 7.05 Å². The Bertz CT molecular complexity index is 1020. The maximum atomic E-state index is 12.9. The minimum atomic E-state index is -0.959. The molecule has 0 saturated heterocycles. The van der Waals surface area contributed by atoms with Crippen molar-refractivity contribution in [2.75, 3.05) is 0 Å². The Kier molecular flexibility index (Phi) is 5.54. The second-order valence-electron chi connectivity index (χ2n) is 6.61. The molecule has 0 fully saturated rings. The number of rotatable bonds is 7. The van der Waals surface area contributed by atoms with Crippen molar-refractivity contribution in [3.8, 4) is 11.5 Å². The number of carbonyl (C=O) groups excluding carboxylic acids is 3. The van der Waals surface area contributed by atoms with Crippen LogP contribution in [-0.2, 0) is 23.1 Å². The van der Waals surface area contributed by atoms with Gasteiger partial charge in [-0.05, 0) is 24.6 Å². The number of furan rings is 1. The number of nitrogens with one attached hydrogen (secondary N) is 1. The quantitative estimate of drug-likeness (QED) is 0.637. The SMILES string of the molecule is CC(=O)C(=O)C(Cc1ccccc1)NC(=O)c1cn(C)nc1-c1ccc(C)o1. The number of carbonyl (C=O) groups is 3. The van der Waals surface area contributed by atoms with Crippen molar-refractivity contribution in [3.63, 3.8) is 0 Å². The van der Waals surface area contributed by atoms with Crippen LogP contribution in [0.2, 0.25) is 0 Å². The first-order valence-electron chi connectivity index (χ1n) is 8.85. The maximum Gasteiger partial charge on any atom is 0.255 e. The van der Waals surface area contributed by atoms with Crippen LogP contribution in [0.3, 0.4) is 0 Å². The van der Waals surface area contributed by atoms with Gasteiger partial charge in [-0.15, -0.1) is 0 Å². The molecule has 0 aliphatic heterocycles. The number of benzene rings is 1. The minimum Gasteiger partial charge on any atom is -0.460 e. The van der Waals surface area contributed by atoms with Crippen LogP contribution >= 0.6 is 0 Å². The third-order valence-corrected chi connectivity index (χ3v) is 4.30. The van der Waals surface area contributed by atoms with Crippen LogP contribution in [0.4, 0.5) is 0 Å². The van der Waals surface area contributed by atoms with E-state index in [1.165, 1.54) is 11.6 Å². The summed E-state index contributed by atoms with van der Waals surface area (Å²) in [5.74, 6) is -0.583. The molecular formula is C21H21N3O4. The zero-order valence-corrected chi connectivity index (χ0v) is 15.9. The first-order chi connectivity index (χ1) is 13.3. The molecule has 1 atom stereocenters. The normalized spacial score (nSPS) is 11.8. The molecular weight excluding hydrogens is 358 g/mol. The monoisotopic (exact) mass is 379 g/mol. The Hall–Kier alpha value is -3.48. The zero-order valence-electron chi connectivity index (χ0n) is 15.9. The fourth-order valence-electron chi connectivity index (χ4n) is 2.94. The molecule has 1 N–H and O–H groups in total. The van der Waals surface area contributed by atoms with Crippen molar-refractivity contribution in [1.29, 1.82) is 0 Å². The number of aryl methyl sites for hydroxylation is 2. The number of amides is 1. The summed E-state index contributed by atoms with van der Waals surface area (Å²) in [5, 5.41) is 6.99. The molecule has 1 unspecified atom stereocenters. The van der Waals surface area contributed by atoms with Crippen molar-refractivity contribution < 1.29 is 18.8 Å². The fraction of sp³-hybridized carbons (Fsp3) is 0.238. The van der Waals surface area contributed by atoms with Crippen molar-refractivity contribution in [3.05, 3.63) is 65.5 Å². The Balaban J connectivity index is 1.88. The van der Waals surface area contributed by atoms with Gasteiger partial charge in [0.2, 0.25) is 5.78 Å². The van der Waals surface area contributed by atoms with E-state index in [9.17, 15) is 14.4 Å². The lowest BCUT2D eigenvalue weighted by molar-refractivity contribution is -0.136. The molecule has 3 rings (SSSR count). The molecule has 1 aromatic carbocycles. The van der Waals surface area contributed by atoms with Crippen LogP contribution in [0.15, 0.2) is 53.1 Å². The van der Waals surface area contributed by atoms with E-state index in [1.54, 1.807) is 32.3 Å². The molecule has 2 aromatic heterocycles. The van der Waals surface area contributed by atoms with Crippen molar-refractivity contribution in [2.45, 2.75) is 26.3 Å². The lowest BCUT2D eigenvalue weighted by Gasteiger charge is -2.16. The van der Waals surface area contributed by atoms with Crippen LogP contribution in [0.5, 0.6) is 0 Å². The fourth-order valence-corrected chi connectivity index (χ4v) is 2.94. The summed E-state index contributed by atoms with van der Waals surface area (Å²) < 4.78 is 7.08. The molecule has 1 amide bonds. The largest absolute Gasteiger partial charge is 0.460 e. The molecule has 28 heavy (non-hydrogen) atoms. The van der Waals surface area contributed by atoms with E-state index >= 15 is 0 Å². The average Bonchev–Trinajstić information content (AvgIpc) is 3.26. The van der Waals surface area contributed by atoms with Gasteiger partial charge in [0.1, 0.15) is 11.5 Å². The van der Waals surface area contributed by atoms with Gasteiger partial charge in [0.05, 0.1) is 11.6 Å². The molecule has 7 nitrogen and oxygen atoms in total. The lowest BCUT2D eigenvalue weighted by Crippen LogP contribution is -2.44. The summed E-state index contributed by atoms with van der Waals surface area (Å²) in [6.07, 6.45) is 1.78. The van der Waals surface area contributed by atoms with Gasteiger partial charge < -0.3 is 9.73 Å². The standard InChI is InChI=1S/C21H21N3O4/c1-13-9-10-18(28-13)19-16(12-24(3)23-19)21(27)22-17(20(26)14(2)25)11-15-7-5-4-6-8-15/h4-10,12,17H,11H2,1-3H3,(H,22,27). The molecule has 2 heterocycles. The number of Topliss-reactive ketones (excluding diaryl/α,β-unsaturated/α-hetero) is 2. The predicted molar refractivity (Wildman–Crippen MR) is 103 cm³/mol. The Morgan fingerprint density at radius 1 is 1.14 bits per heavy atom. The highest BCUT2D eigenvalue weighted by Gasteiger charge is 2.27. The van der Waals surface area contributed by atoms with E-state index in [0.29, 0.717) is 17.2 Å². The second-order valence-corrected chi connectivity index (χ2v) is 6.61. The summed E-state index contributed by atoms with van der Waals surface area (Å²) in [5.41, 5.74) is 1.49. The highest BCUT2D eigenvalue weighted by atomic mass is 16.3. The number of nitrogens with zero attached hydrogens (tertiary/aromatic N) is 2. The molecule has 0 spiro atoms. The van der Waals surface area contributed by atoms with Gasteiger partial charge in [0, 0.05) is 26.6 Å². The molecule has 144 valence electrons. The van der Waals surface area contributed by atoms with Gasteiger partial charge in [-0.25, -0.2) is 0 Å². The van der Waals surface area contributed by atoms with E-state index in [4.69, 9.17) is 4.42 Å². The first-order valence-corrected chi connectivity index (χ1v) is 8.85. The summed E-state index contributed by atoms with van der Waals surface area (Å²) in [7, 11) is 1.69. The minimum absolute atomic E-state index is 0.223. The highest BCUT2D eigenvalue weighted by molar-refractivity contribution is 6.38. The van der Waals surface area contributed by atoms with Crippen molar-refractivity contribution in [1.82, 2.24) is 15.1 Å². The van der Waals surface area contributed by atoms with Gasteiger partial charge in [-0.1, -0.05) is 30.3 Å². The molecule has 7 heteroatoms. The lowest BCUT2D eigenvalue weighted by atomic mass is 10.00. The summed E-state index contributed by atoms with van der Waals surface area (Å²) in [4.78, 5) is 36.9. The van der Waals surface area contributed by atoms with Gasteiger partial charge in [-0.3, -0.25) is 19.1 Å². The number of ketones is 2. The van der Waals surface area contributed by atoms with Crippen LogP contribution in [0.25, 0.3) is 11.5 Å². The number of aromatic nitrogens is 2. The van der Waals surface area contributed by atoms with E-state index < -0.39 is 23.5 Å². The average molecular weight is 379 g/mol. The Labute approximate surface area is 162 Å². The topological polar surface area (TPSA) is 94.2 Å². The smallest absolute Gasteiger partial charge is 0.255 e. The molecule has 3 aromatic rings. The highest BCUT2D eigenvalue weighted by Crippen LogP contribution is 2.24.